The fraction of sp³-hybridized carbons (Fsp3) is 0.364. The highest BCUT2D eigenvalue weighted by Crippen LogP contribution is 2.18. The minimum atomic E-state index is -1.05. The van der Waals surface area contributed by atoms with Gasteiger partial charge in [-0.2, -0.15) is 0 Å². The van der Waals surface area contributed by atoms with Crippen LogP contribution < -0.4 is 0 Å². The van der Waals surface area contributed by atoms with Gasteiger partial charge >= 0.3 is 5.97 Å². The van der Waals surface area contributed by atoms with Gasteiger partial charge in [0.2, 0.25) is 0 Å². The monoisotopic (exact) mass is 235 g/mol. The Morgan fingerprint density at radius 3 is 2.88 bits per heavy atom. The van der Waals surface area contributed by atoms with Crippen molar-refractivity contribution in [3.05, 3.63) is 35.5 Å². The Balaban J connectivity index is 2.37. The molecule has 6 nitrogen and oxygen atoms in total. The van der Waals surface area contributed by atoms with Gasteiger partial charge in [0.05, 0.1) is 24.8 Å². The zero-order chi connectivity index (χ0) is 12.4. The molecule has 0 radical (unpaired) electrons. The van der Waals surface area contributed by atoms with E-state index >= 15 is 0 Å². The molecule has 2 aromatic heterocycles. The van der Waals surface area contributed by atoms with E-state index in [0.29, 0.717) is 12.2 Å². The van der Waals surface area contributed by atoms with Gasteiger partial charge in [-0.3, -0.25) is 0 Å². The van der Waals surface area contributed by atoms with Gasteiger partial charge in [-0.05, 0) is 12.0 Å². The second kappa shape index (κ2) is 4.40. The summed E-state index contributed by atoms with van der Waals surface area (Å²) in [5.41, 5.74) is 1.57. The number of hydrogen-bond donors (Lipinski definition) is 1. The molecule has 2 aromatic rings. The minimum absolute atomic E-state index is 0.0171. The SMILES string of the molecule is CC(C)c1c(C(=O)O)nnn1Cc1ccoc1. The lowest BCUT2D eigenvalue weighted by Crippen LogP contribution is -2.10. The van der Waals surface area contributed by atoms with E-state index in [1.54, 1.807) is 17.2 Å². The maximum absolute atomic E-state index is 11.0. The molecule has 0 atom stereocenters. The molecule has 0 saturated heterocycles. The van der Waals surface area contributed by atoms with Crippen molar-refractivity contribution in [2.24, 2.45) is 0 Å². The quantitative estimate of drug-likeness (QED) is 0.872. The highest BCUT2D eigenvalue weighted by atomic mass is 16.4. The molecule has 0 unspecified atom stereocenters. The Labute approximate surface area is 97.9 Å². The Hall–Kier alpha value is -2.11. The summed E-state index contributed by atoms with van der Waals surface area (Å²) in [4.78, 5) is 11.0. The first-order valence-corrected chi connectivity index (χ1v) is 5.27. The zero-order valence-corrected chi connectivity index (χ0v) is 9.62. The van der Waals surface area contributed by atoms with Crippen molar-refractivity contribution in [2.75, 3.05) is 0 Å². The third-order valence-electron chi connectivity index (χ3n) is 2.44. The highest BCUT2D eigenvalue weighted by Gasteiger charge is 2.21. The summed E-state index contributed by atoms with van der Waals surface area (Å²) in [7, 11) is 0. The van der Waals surface area contributed by atoms with Gasteiger partial charge in [0.25, 0.3) is 0 Å². The van der Waals surface area contributed by atoms with Crippen LogP contribution in [0.15, 0.2) is 23.0 Å². The number of carboxylic acid groups (broad SMARTS) is 1. The molecule has 0 aromatic carbocycles. The predicted molar refractivity (Wildman–Crippen MR) is 58.9 cm³/mol. The maximum Gasteiger partial charge on any atom is 0.358 e. The van der Waals surface area contributed by atoms with Gasteiger partial charge in [-0.15, -0.1) is 5.10 Å². The number of furan rings is 1. The summed E-state index contributed by atoms with van der Waals surface area (Å²) in [6.45, 7) is 4.29. The Bertz CT molecular complexity index is 514. The van der Waals surface area contributed by atoms with Crippen LogP contribution in [0.3, 0.4) is 0 Å². The maximum atomic E-state index is 11.0. The Morgan fingerprint density at radius 2 is 2.35 bits per heavy atom. The number of carbonyl (C=O) groups is 1. The molecule has 17 heavy (non-hydrogen) atoms. The summed E-state index contributed by atoms with van der Waals surface area (Å²) in [6, 6.07) is 1.81. The van der Waals surface area contributed by atoms with Crippen LogP contribution in [0, 0.1) is 0 Å². The lowest BCUT2D eigenvalue weighted by atomic mass is 10.1. The molecule has 0 fully saturated rings. The second-order valence-corrected chi connectivity index (χ2v) is 4.07. The first kappa shape index (κ1) is 11.4. The molecule has 0 aliphatic heterocycles. The molecule has 0 amide bonds. The topological polar surface area (TPSA) is 81.1 Å². The van der Waals surface area contributed by atoms with E-state index in [9.17, 15) is 4.79 Å². The van der Waals surface area contributed by atoms with Crippen LogP contribution in [-0.4, -0.2) is 26.1 Å². The van der Waals surface area contributed by atoms with E-state index < -0.39 is 5.97 Å². The second-order valence-electron chi connectivity index (χ2n) is 4.07. The summed E-state index contributed by atoms with van der Waals surface area (Å²) < 4.78 is 6.56. The van der Waals surface area contributed by atoms with Crippen LogP contribution in [0.4, 0.5) is 0 Å². The van der Waals surface area contributed by atoms with Gasteiger partial charge in [0, 0.05) is 5.56 Å². The zero-order valence-electron chi connectivity index (χ0n) is 9.62. The van der Waals surface area contributed by atoms with Crippen molar-refractivity contribution in [1.82, 2.24) is 15.0 Å². The lowest BCUT2D eigenvalue weighted by molar-refractivity contribution is 0.0688. The van der Waals surface area contributed by atoms with Crippen LogP contribution >= 0.6 is 0 Å². The predicted octanol–water partition coefficient (Wildman–Crippen LogP) is 1.74. The van der Waals surface area contributed by atoms with E-state index in [1.807, 2.05) is 19.9 Å². The van der Waals surface area contributed by atoms with Gasteiger partial charge in [-0.1, -0.05) is 19.1 Å². The molecule has 90 valence electrons. The van der Waals surface area contributed by atoms with Crippen molar-refractivity contribution in [3.8, 4) is 0 Å². The molecular formula is C11H13N3O3. The number of nitrogens with zero attached hydrogens (tertiary/aromatic N) is 3. The number of hydrogen-bond acceptors (Lipinski definition) is 4. The standard InChI is InChI=1S/C11H13N3O3/c1-7(2)10-9(11(15)16)12-13-14(10)5-8-3-4-17-6-8/h3-4,6-7H,5H2,1-2H3,(H,15,16). The minimum Gasteiger partial charge on any atom is -0.476 e. The van der Waals surface area contributed by atoms with Gasteiger partial charge in [0.1, 0.15) is 0 Å². The fourth-order valence-electron chi connectivity index (χ4n) is 1.72. The Kier molecular flexibility index (Phi) is 2.95. The van der Waals surface area contributed by atoms with Crippen molar-refractivity contribution in [3.63, 3.8) is 0 Å². The largest absolute Gasteiger partial charge is 0.476 e. The number of rotatable bonds is 4. The van der Waals surface area contributed by atoms with E-state index in [-0.39, 0.29) is 11.6 Å². The van der Waals surface area contributed by atoms with E-state index in [4.69, 9.17) is 9.52 Å². The van der Waals surface area contributed by atoms with E-state index in [2.05, 4.69) is 10.3 Å². The molecule has 0 aliphatic carbocycles. The van der Waals surface area contributed by atoms with Gasteiger partial charge < -0.3 is 9.52 Å². The fourth-order valence-corrected chi connectivity index (χ4v) is 1.72. The van der Waals surface area contributed by atoms with Crippen LogP contribution in [0.2, 0.25) is 0 Å². The van der Waals surface area contributed by atoms with Gasteiger partial charge in [-0.25, -0.2) is 9.48 Å². The average Bonchev–Trinajstić information content (AvgIpc) is 2.86. The first-order chi connectivity index (χ1) is 8.09. The van der Waals surface area contributed by atoms with Crippen LogP contribution in [-0.2, 0) is 6.54 Å². The molecule has 0 saturated carbocycles. The third-order valence-corrected chi connectivity index (χ3v) is 2.44. The summed E-state index contributed by atoms with van der Waals surface area (Å²) in [5.74, 6) is -1.00. The number of carboxylic acids is 1. The van der Waals surface area contributed by atoms with Crippen molar-refractivity contribution < 1.29 is 14.3 Å². The molecule has 0 spiro atoms. The van der Waals surface area contributed by atoms with E-state index in [0.717, 1.165) is 5.56 Å². The summed E-state index contributed by atoms with van der Waals surface area (Å²) in [6.07, 6.45) is 3.17. The van der Waals surface area contributed by atoms with Crippen molar-refractivity contribution >= 4 is 5.97 Å². The molecular weight excluding hydrogens is 222 g/mol. The molecule has 0 bridgehead atoms. The molecule has 1 N–H and O–H groups in total. The summed E-state index contributed by atoms with van der Waals surface area (Å²) >= 11 is 0. The average molecular weight is 235 g/mol. The highest BCUT2D eigenvalue weighted by molar-refractivity contribution is 5.86. The third kappa shape index (κ3) is 2.20. The number of aromatic carboxylic acids is 1. The smallest absolute Gasteiger partial charge is 0.358 e. The lowest BCUT2D eigenvalue weighted by Gasteiger charge is -2.08. The number of aromatic nitrogens is 3. The molecule has 0 aliphatic rings. The van der Waals surface area contributed by atoms with Crippen LogP contribution in [0.25, 0.3) is 0 Å². The normalized spacial score (nSPS) is 11.0. The summed E-state index contributed by atoms with van der Waals surface area (Å²) in [5, 5.41) is 16.6. The van der Waals surface area contributed by atoms with Crippen LogP contribution in [0.1, 0.15) is 41.5 Å². The molecule has 6 heteroatoms. The van der Waals surface area contributed by atoms with E-state index in [1.165, 1.54) is 0 Å². The van der Waals surface area contributed by atoms with Crippen LogP contribution in [0.5, 0.6) is 0 Å². The van der Waals surface area contributed by atoms with Crippen molar-refractivity contribution in [2.45, 2.75) is 26.3 Å². The van der Waals surface area contributed by atoms with Gasteiger partial charge in [0.15, 0.2) is 5.69 Å². The van der Waals surface area contributed by atoms with Crippen molar-refractivity contribution in [1.29, 1.82) is 0 Å². The molecule has 2 heterocycles. The molecule has 2 rings (SSSR count). The Morgan fingerprint density at radius 1 is 1.59 bits per heavy atom. The first-order valence-electron chi connectivity index (χ1n) is 5.27.